The molecule has 0 aliphatic carbocycles. The molecule has 0 fully saturated rings. The van der Waals surface area contributed by atoms with Crippen LogP contribution in [0.4, 0.5) is 4.39 Å². The maximum Gasteiger partial charge on any atom is 0.197 e. The van der Waals surface area contributed by atoms with Gasteiger partial charge in [0.05, 0.1) is 12.7 Å². The fourth-order valence-electron chi connectivity index (χ4n) is 1.68. The molecule has 0 atom stereocenters. The molecule has 0 unspecified atom stereocenters. The Hall–Kier alpha value is -0.950. The first-order valence-corrected chi connectivity index (χ1v) is 7.23. The Bertz CT molecular complexity index is 643. The average molecular weight is 435 g/mol. The molecule has 0 heterocycles. The number of methoxy groups -OCH3 is 1. The first-order chi connectivity index (χ1) is 9.02. The highest BCUT2D eigenvalue weighted by Gasteiger charge is 2.17. The van der Waals surface area contributed by atoms with Gasteiger partial charge < -0.3 is 4.74 Å². The SMILES string of the molecule is COc1ccc(Br)cc1C(=O)c1ccc(F)cc1I. The summed E-state index contributed by atoms with van der Waals surface area (Å²) in [6, 6.07) is 9.30. The molecule has 2 aromatic carbocycles. The highest BCUT2D eigenvalue weighted by molar-refractivity contribution is 14.1. The second kappa shape index (κ2) is 6.00. The van der Waals surface area contributed by atoms with E-state index in [4.69, 9.17) is 4.74 Å². The van der Waals surface area contributed by atoms with Gasteiger partial charge in [0.1, 0.15) is 11.6 Å². The maximum absolute atomic E-state index is 13.1. The van der Waals surface area contributed by atoms with Crippen LogP contribution in [0.15, 0.2) is 40.9 Å². The summed E-state index contributed by atoms with van der Waals surface area (Å²) in [6.07, 6.45) is 0. The van der Waals surface area contributed by atoms with Crippen molar-refractivity contribution < 1.29 is 13.9 Å². The summed E-state index contributed by atoms with van der Waals surface area (Å²) in [5.74, 6) is -0.0574. The van der Waals surface area contributed by atoms with Crippen LogP contribution >= 0.6 is 38.5 Å². The number of carbonyl (C=O) groups excluding carboxylic acids is 1. The number of carbonyl (C=O) groups is 1. The summed E-state index contributed by atoms with van der Waals surface area (Å²) in [6.45, 7) is 0. The number of ketones is 1. The topological polar surface area (TPSA) is 26.3 Å². The van der Waals surface area contributed by atoms with E-state index in [-0.39, 0.29) is 11.6 Å². The Morgan fingerprint density at radius 1 is 1.21 bits per heavy atom. The summed E-state index contributed by atoms with van der Waals surface area (Å²) >= 11 is 5.27. The van der Waals surface area contributed by atoms with E-state index in [1.165, 1.54) is 25.3 Å². The minimum Gasteiger partial charge on any atom is -0.496 e. The van der Waals surface area contributed by atoms with Crippen LogP contribution in [0.2, 0.25) is 0 Å². The zero-order valence-electron chi connectivity index (χ0n) is 9.91. The minimum atomic E-state index is -0.359. The van der Waals surface area contributed by atoms with Gasteiger partial charge in [0.25, 0.3) is 0 Å². The summed E-state index contributed by atoms with van der Waals surface area (Å²) in [7, 11) is 1.51. The molecule has 0 radical (unpaired) electrons. The molecular formula is C14H9BrFIO2. The Morgan fingerprint density at radius 2 is 1.95 bits per heavy atom. The third-order valence-electron chi connectivity index (χ3n) is 2.58. The highest BCUT2D eigenvalue weighted by atomic mass is 127. The molecule has 0 bridgehead atoms. The lowest BCUT2D eigenvalue weighted by molar-refractivity contribution is 0.103. The minimum absolute atomic E-state index is 0.192. The van der Waals surface area contributed by atoms with E-state index >= 15 is 0 Å². The zero-order chi connectivity index (χ0) is 14.0. The Morgan fingerprint density at radius 3 is 2.58 bits per heavy atom. The van der Waals surface area contributed by atoms with Crippen molar-refractivity contribution >= 4 is 44.3 Å². The monoisotopic (exact) mass is 434 g/mol. The predicted octanol–water partition coefficient (Wildman–Crippen LogP) is 4.43. The number of rotatable bonds is 3. The van der Waals surface area contributed by atoms with E-state index in [0.29, 0.717) is 20.4 Å². The quantitative estimate of drug-likeness (QED) is 0.527. The first kappa shape index (κ1) is 14.5. The molecule has 0 saturated heterocycles. The fourth-order valence-corrected chi connectivity index (χ4v) is 2.76. The maximum atomic E-state index is 13.1. The van der Waals surface area contributed by atoms with Crippen molar-refractivity contribution in [3.63, 3.8) is 0 Å². The molecule has 0 aliphatic rings. The molecule has 2 nitrogen and oxygen atoms in total. The van der Waals surface area contributed by atoms with E-state index in [9.17, 15) is 9.18 Å². The summed E-state index contributed by atoms with van der Waals surface area (Å²) < 4.78 is 19.6. The lowest BCUT2D eigenvalue weighted by Crippen LogP contribution is -2.06. The first-order valence-electron chi connectivity index (χ1n) is 5.36. The van der Waals surface area contributed by atoms with Gasteiger partial charge in [0.2, 0.25) is 0 Å². The van der Waals surface area contributed by atoms with E-state index in [1.54, 1.807) is 18.2 Å². The number of hydrogen-bond donors (Lipinski definition) is 0. The summed E-state index contributed by atoms with van der Waals surface area (Å²) in [5, 5.41) is 0. The van der Waals surface area contributed by atoms with Crippen molar-refractivity contribution in [1.82, 2.24) is 0 Å². The summed E-state index contributed by atoms with van der Waals surface area (Å²) in [4.78, 5) is 12.5. The molecule has 0 aliphatic heterocycles. The van der Waals surface area contributed by atoms with Crippen molar-refractivity contribution in [3.05, 3.63) is 61.4 Å². The van der Waals surface area contributed by atoms with E-state index in [0.717, 1.165) is 4.47 Å². The summed E-state index contributed by atoms with van der Waals surface area (Å²) in [5.41, 5.74) is 0.903. The van der Waals surface area contributed by atoms with Crippen molar-refractivity contribution in [3.8, 4) is 5.75 Å². The van der Waals surface area contributed by atoms with Crippen molar-refractivity contribution in [2.45, 2.75) is 0 Å². The van der Waals surface area contributed by atoms with E-state index in [2.05, 4.69) is 15.9 Å². The van der Waals surface area contributed by atoms with Gasteiger partial charge in [-0.1, -0.05) is 15.9 Å². The third kappa shape index (κ3) is 3.14. The number of halogens is 3. The fraction of sp³-hybridized carbons (Fsp3) is 0.0714. The molecule has 5 heteroatoms. The van der Waals surface area contributed by atoms with Crippen LogP contribution in [0.1, 0.15) is 15.9 Å². The lowest BCUT2D eigenvalue weighted by Gasteiger charge is -2.09. The molecule has 0 aromatic heterocycles. The Balaban J connectivity index is 2.52. The van der Waals surface area contributed by atoms with Crippen LogP contribution in [-0.4, -0.2) is 12.9 Å². The largest absolute Gasteiger partial charge is 0.496 e. The van der Waals surface area contributed by atoms with Crippen LogP contribution in [0.25, 0.3) is 0 Å². The second-order valence-corrected chi connectivity index (χ2v) is 5.88. The van der Waals surface area contributed by atoms with E-state index < -0.39 is 0 Å². The van der Waals surface area contributed by atoms with Crippen LogP contribution in [0, 0.1) is 9.39 Å². The highest BCUT2D eigenvalue weighted by Crippen LogP contribution is 2.27. The molecular weight excluding hydrogens is 426 g/mol. The van der Waals surface area contributed by atoms with Gasteiger partial charge in [-0.2, -0.15) is 0 Å². The Labute approximate surface area is 132 Å². The standard InChI is InChI=1S/C14H9BrFIO2/c1-19-13-5-2-8(15)6-11(13)14(18)10-4-3-9(16)7-12(10)17/h2-7H,1H3. The molecule has 2 rings (SSSR count). The molecule has 0 spiro atoms. The molecule has 0 saturated carbocycles. The van der Waals surface area contributed by atoms with Crippen molar-refractivity contribution in [1.29, 1.82) is 0 Å². The van der Waals surface area contributed by atoms with E-state index in [1.807, 2.05) is 22.6 Å². The normalized spacial score (nSPS) is 10.3. The molecule has 0 N–H and O–H groups in total. The molecule has 19 heavy (non-hydrogen) atoms. The van der Waals surface area contributed by atoms with Crippen LogP contribution in [0.3, 0.4) is 0 Å². The Kier molecular flexibility index (Phi) is 4.57. The number of ether oxygens (including phenoxy) is 1. The van der Waals surface area contributed by atoms with Gasteiger partial charge in [0, 0.05) is 13.6 Å². The zero-order valence-corrected chi connectivity index (χ0v) is 13.7. The second-order valence-electron chi connectivity index (χ2n) is 3.80. The number of benzene rings is 2. The number of hydrogen-bond acceptors (Lipinski definition) is 2. The lowest BCUT2D eigenvalue weighted by atomic mass is 10.0. The van der Waals surface area contributed by atoms with Gasteiger partial charge in [-0.15, -0.1) is 0 Å². The van der Waals surface area contributed by atoms with Crippen molar-refractivity contribution in [2.24, 2.45) is 0 Å². The van der Waals surface area contributed by atoms with Gasteiger partial charge in [0.15, 0.2) is 5.78 Å². The van der Waals surface area contributed by atoms with Crippen LogP contribution in [-0.2, 0) is 0 Å². The van der Waals surface area contributed by atoms with Crippen LogP contribution in [0.5, 0.6) is 5.75 Å². The molecule has 0 amide bonds. The van der Waals surface area contributed by atoms with Crippen LogP contribution < -0.4 is 4.74 Å². The van der Waals surface area contributed by atoms with Gasteiger partial charge >= 0.3 is 0 Å². The van der Waals surface area contributed by atoms with Crippen molar-refractivity contribution in [2.75, 3.05) is 7.11 Å². The van der Waals surface area contributed by atoms with Gasteiger partial charge in [-0.05, 0) is 59.0 Å². The third-order valence-corrected chi connectivity index (χ3v) is 3.97. The molecule has 2 aromatic rings. The van der Waals surface area contributed by atoms with Gasteiger partial charge in [-0.25, -0.2) is 4.39 Å². The average Bonchev–Trinajstić information content (AvgIpc) is 2.38. The smallest absolute Gasteiger partial charge is 0.197 e. The van der Waals surface area contributed by atoms with Gasteiger partial charge in [-0.3, -0.25) is 4.79 Å². The molecule has 98 valence electrons. The predicted molar refractivity (Wildman–Crippen MR) is 83.2 cm³/mol.